The van der Waals surface area contributed by atoms with Gasteiger partial charge >= 0.3 is 6.09 Å². The van der Waals surface area contributed by atoms with Crippen LogP contribution in [-0.4, -0.2) is 88.6 Å². The lowest BCUT2D eigenvalue weighted by molar-refractivity contribution is 0.0567. The van der Waals surface area contributed by atoms with E-state index >= 15 is 0 Å². The number of hydrogen-bond acceptors (Lipinski definition) is 6. The van der Waals surface area contributed by atoms with Crippen molar-refractivity contribution in [3.8, 4) is 0 Å². The first-order chi connectivity index (χ1) is 18.3. The first-order valence-electron chi connectivity index (χ1n) is 12.9. The Kier molecular flexibility index (Phi) is 8.77. The van der Waals surface area contributed by atoms with Crippen molar-refractivity contribution in [1.29, 1.82) is 0 Å². The largest absolute Gasteiger partial charge is 0.450 e. The van der Waals surface area contributed by atoms with Crippen molar-refractivity contribution < 1.29 is 19.1 Å². The Labute approximate surface area is 228 Å². The number of carbonyl (C=O) groups is 3. The second kappa shape index (κ2) is 12.2. The number of amides is 3. The van der Waals surface area contributed by atoms with E-state index in [9.17, 15) is 14.4 Å². The lowest BCUT2D eigenvalue weighted by atomic mass is 9.89. The number of nitrogens with two attached hydrogens (primary N) is 1. The number of likely N-dealkylation sites (tertiary alicyclic amines) is 1. The van der Waals surface area contributed by atoms with E-state index in [0.717, 1.165) is 29.9 Å². The Morgan fingerprint density at radius 1 is 0.947 bits per heavy atom. The number of hydrogen-bond donors (Lipinski definition) is 2. The lowest BCUT2D eigenvalue weighted by Crippen LogP contribution is -2.51. The third kappa shape index (κ3) is 6.39. The first kappa shape index (κ1) is 27.3. The van der Waals surface area contributed by atoms with Gasteiger partial charge in [-0.25, -0.2) is 4.79 Å². The molecule has 3 N–H and O–H groups in total. The Morgan fingerprint density at radius 3 is 2.16 bits per heavy atom. The van der Waals surface area contributed by atoms with E-state index in [2.05, 4.69) is 5.32 Å². The van der Waals surface area contributed by atoms with Crippen molar-refractivity contribution in [2.75, 3.05) is 51.2 Å². The smallest absolute Gasteiger partial charge is 0.409 e. The zero-order valence-electron chi connectivity index (χ0n) is 21.8. The van der Waals surface area contributed by atoms with Crippen LogP contribution < -0.4 is 11.1 Å². The molecule has 2 aliphatic rings. The number of ether oxygens (including phenoxy) is 1. The Bertz CT molecular complexity index is 1190. The molecule has 0 unspecified atom stereocenters. The molecule has 0 saturated carbocycles. The van der Waals surface area contributed by atoms with Crippen LogP contribution in [0.5, 0.6) is 0 Å². The van der Waals surface area contributed by atoms with Crippen LogP contribution in [0.4, 0.5) is 10.5 Å². The number of nitrogens with one attached hydrogen (secondary N) is 1. The van der Waals surface area contributed by atoms with Crippen molar-refractivity contribution in [3.63, 3.8) is 0 Å². The zero-order chi connectivity index (χ0) is 27.2. The molecule has 0 radical (unpaired) electrons. The number of piperazine rings is 1. The van der Waals surface area contributed by atoms with Crippen molar-refractivity contribution >= 4 is 40.9 Å². The van der Waals surface area contributed by atoms with Crippen molar-refractivity contribution in [1.82, 2.24) is 19.7 Å². The Balaban J connectivity index is 1.39. The van der Waals surface area contributed by atoms with Crippen LogP contribution in [0.2, 0.25) is 0 Å². The van der Waals surface area contributed by atoms with Crippen molar-refractivity contribution in [2.45, 2.75) is 32.6 Å². The van der Waals surface area contributed by atoms with Crippen LogP contribution in [0.15, 0.2) is 36.4 Å². The number of nitrogens with zero attached hydrogens (tertiary/aromatic N) is 4. The second-order valence-corrected chi connectivity index (χ2v) is 9.94. The van der Waals surface area contributed by atoms with E-state index in [-0.39, 0.29) is 28.9 Å². The molecule has 0 spiro atoms. The maximum atomic E-state index is 13.5. The number of piperidine rings is 1. The fraction of sp³-hybridized carbons (Fsp3) is 0.444. The second-order valence-electron chi connectivity index (χ2n) is 9.50. The molecule has 10 nitrogen and oxygen atoms in total. The molecule has 3 heterocycles. The normalized spacial score (nSPS) is 16.2. The van der Waals surface area contributed by atoms with Crippen LogP contribution in [0.1, 0.15) is 57.8 Å². The molecular formula is C27H34N6O4S. The van der Waals surface area contributed by atoms with Gasteiger partial charge in [-0.15, -0.1) is 0 Å². The number of benzene rings is 1. The molecule has 2 aromatic rings. The van der Waals surface area contributed by atoms with Crippen molar-refractivity contribution in [2.24, 2.45) is 5.73 Å². The van der Waals surface area contributed by atoms with Crippen LogP contribution in [0.3, 0.4) is 0 Å². The number of anilines is 1. The summed E-state index contributed by atoms with van der Waals surface area (Å²) >= 11 is 4.85. The van der Waals surface area contributed by atoms with Gasteiger partial charge in [0, 0.05) is 62.1 Å². The highest BCUT2D eigenvalue weighted by Gasteiger charge is 2.31. The van der Waals surface area contributed by atoms with E-state index in [1.54, 1.807) is 41.0 Å². The average Bonchev–Trinajstić information content (AvgIpc) is 2.93. The number of carbonyl (C=O) groups excluding carboxylic acids is 3. The molecule has 11 heteroatoms. The van der Waals surface area contributed by atoms with Crippen molar-refractivity contribution in [3.05, 3.63) is 58.9 Å². The average molecular weight is 539 g/mol. The number of thiocarbonyl (C=S) groups is 1. The molecule has 2 fully saturated rings. The SMILES string of the molecule is CCOC(=O)N1CCN(C(=O)c2ccc(C)nc2C2CCN(C(=O)c3ccc(NC(N)=S)cc3)CC2)CC1. The maximum absolute atomic E-state index is 13.5. The molecule has 202 valence electrons. The minimum atomic E-state index is -0.342. The number of aromatic nitrogens is 1. The van der Waals surface area contributed by atoms with Crippen LogP contribution in [0, 0.1) is 6.92 Å². The molecule has 1 aromatic heterocycles. The predicted molar refractivity (Wildman–Crippen MR) is 148 cm³/mol. The fourth-order valence-corrected chi connectivity index (χ4v) is 5.04. The van der Waals surface area contributed by atoms with Gasteiger partial charge in [0.05, 0.1) is 17.9 Å². The van der Waals surface area contributed by atoms with Gasteiger partial charge in [0.15, 0.2) is 5.11 Å². The summed E-state index contributed by atoms with van der Waals surface area (Å²) in [4.78, 5) is 48.6. The van der Waals surface area contributed by atoms with Gasteiger partial charge in [0.25, 0.3) is 11.8 Å². The van der Waals surface area contributed by atoms with Gasteiger partial charge in [-0.3, -0.25) is 14.6 Å². The molecule has 0 bridgehead atoms. The molecule has 0 aliphatic carbocycles. The van der Waals surface area contributed by atoms with E-state index in [1.165, 1.54) is 0 Å². The third-order valence-electron chi connectivity index (χ3n) is 6.96. The molecule has 0 atom stereocenters. The summed E-state index contributed by atoms with van der Waals surface area (Å²) in [5.74, 6) is -0.0191. The summed E-state index contributed by atoms with van der Waals surface area (Å²) in [5.41, 5.74) is 9.09. The van der Waals surface area contributed by atoms with Gasteiger partial charge in [-0.05, 0) is 75.3 Å². The monoisotopic (exact) mass is 538 g/mol. The maximum Gasteiger partial charge on any atom is 0.409 e. The predicted octanol–water partition coefficient (Wildman–Crippen LogP) is 2.98. The molecule has 2 aliphatic heterocycles. The Morgan fingerprint density at radius 2 is 1.55 bits per heavy atom. The third-order valence-corrected chi connectivity index (χ3v) is 7.06. The molecular weight excluding hydrogens is 504 g/mol. The summed E-state index contributed by atoms with van der Waals surface area (Å²) in [6.45, 7) is 6.96. The van der Waals surface area contributed by atoms with E-state index in [4.69, 9.17) is 27.7 Å². The van der Waals surface area contributed by atoms with Crippen LogP contribution >= 0.6 is 12.2 Å². The van der Waals surface area contributed by atoms with E-state index in [1.807, 2.05) is 24.0 Å². The van der Waals surface area contributed by atoms with Crippen LogP contribution in [-0.2, 0) is 4.74 Å². The number of pyridine rings is 1. The standard InChI is InChI=1S/C27H34N6O4S/c1-3-37-27(36)33-16-14-32(15-17-33)25(35)22-9-4-18(2)29-23(22)19-10-12-31(13-11-19)24(34)20-5-7-21(8-6-20)30-26(28)38/h4-9,19H,3,10-17H2,1-2H3,(H3,28,30,38). The minimum absolute atomic E-state index is 0.0294. The molecule has 38 heavy (non-hydrogen) atoms. The molecule has 2 saturated heterocycles. The van der Waals surface area contributed by atoms with Gasteiger partial charge in [0.2, 0.25) is 0 Å². The zero-order valence-corrected chi connectivity index (χ0v) is 22.6. The van der Waals surface area contributed by atoms with Crippen LogP contribution in [0.25, 0.3) is 0 Å². The van der Waals surface area contributed by atoms with E-state index in [0.29, 0.717) is 57.0 Å². The molecule has 4 rings (SSSR count). The quantitative estimate of drug-likeness (QED) is 0.558. The van der Waals surface area contributed by atoms with Gasteiger partial charge in [-0.1, -0.05) is 0 Å². The van der Waals surface area contributed by atoms with Gasteiger partial charge < -0.3 is 30.5 Å². The fourth-order valence-electron chi connectivity index (χ4n) is 4.92. The highest BCUT2D eigenvalue weighted by Crippen LogP contribution is 2.31. The lowest BCUT2D eigenvalue weighted by Gasteiger charge is -2.35. The topological polar surface area (TPSA) is 121 Å². The number of aryl methyl sites for hydroxylation is 1. The highest BCUT2D eigenvalue weighted by atomic mass is 32.1. The molecule has 1 aromatic carbocycles. The summed E-state index contributed by atoms with van der Waals surface area (Å²) in [6.07, 6.45) is 1.10. The minimum Gasteiger partial charge on any atom is -0.450 e. The highest BCUT2D eigenvalue weighted by molar-refractivity contribution is 7.80. The summed E-state index contributed by atoms with van der Waals surface area (Å²) in [6, 6.07) is 10.8. The summed E-state index contributed by atoms with van der Waals surface area (Å²) in [5, 5.41) is 3.03. The van der Waals surface area contributed by atoms with E-state index < -0.39 is 0 Å². The first-order valence-corrected chi connectivity index (χ1v) is 13.3. The summed E-state index contributed by atoms with van der Waals surface area (Å²) in [7, 11) is 0. The molecule has 3 amide bonds. The number of rotatable bonds is 5. The van der Waals surface area contributed by atoms with Gasteiger partial charge in [-0.2, -0.15) is 0 Å². The summed E-state index contributed by atoms with van der Waals surface area (Å²) < 4.78 is 5.08. The Hall–Kier alpha value is -3.73. The van der Waals surface area contributed by atoms with Gasteiger partial charge in [0.1, 0.15) is 0 Å².